The van der Waals surface area contributed by atoms with E-state index in [9.17, 15) is 4.79 Å². The van der Waals surface area contributed by atoms with Gasteiger partial charge in [0.25, 0.3) is 0 Å². The first-order valence-corrected chi connectivity index (χ1v) is 10.4. The molecule has 1 aliphatic rings. The van der Waals surface area contributed by atoms with Crippen molar-refractivity contribution in [2.24, 2.45) is 7.05 Å². The van der Waals surface area contributed by atoms with Crippen LogP contribution in [0, 0.1) is 6.92 Å². The highest BCUT2D eigenvalue weighted by Gasteiger charge is 2.24. The van der Waals surface area contributed by atoms with Gasteiger partial charge in [0.2, 0.25) is 11.9 Å². The van der Waals surface area contributed by atoms with E-state index in [4.69, 9.17) is 15.1 Å². The molecule has 10 nitrogen and oxygen atoms in total. The first-order valence-electron chi connectivity index (χ1n) is 9.62. The number of hydrogen-bond acceptors (Lipinski definition) is 7. The predicted octanol–water partition coefficient (Wildman–Crippen LogP) is 1.25. The SMILES string of the molecule is Cc1nn(C)cc1-c1nc2c3cccc(Br)c3nc(N[C@@H]3CNCCNC3=O)n2n1. The van der Waals surface area contributed by atoms with Crippen molar-refractivity contribution in [1.29, 1.82) is 0 Å². The van der Waals surface area contributed by atoms with E-state index < -0.39 is 6.04 Å². The van der Waals surface area contributed by atoms with Gasteiger partial charge in [-0.05, 0) is 35.0 Å². The van der Waals surface area contributed by atoms with Crippen LogP contribution in [-0.4, -0.2) is 60.9 Å². The number of halogens is 1. The van der Waals surface area contributed by atoms with E-state index in [1.807, 2.05) is 38.4 Å². The highest BCUT2D eigenvalue weighted by molar-refractivity contribution is 9.10. The number of aryl methyl sites for hydroxylation is 2. The molecule has 0 saturated carbocycles. The molecule has 1 atom stereocenters. The maximum absolute atomic E-state index is 12.5. The largest absolute Gasteiger partial charge is 0.353 e. The zero-order valence-corrected chi connectivity index (χ0v) is 18.1. The van der Waals surface area contributed by atoms with E-state index in [1.165, 1.54) is 0 Å². The summed E-state index contributed by atoms with van der Waals surface area (Å²) < 4.78 is 4.25. The Hall–Kier alpha value is -3.05. The Morgan fingerprint density at radius 3 is 2.90 bits per heavy atom. The molecule has 1 amide bonds. The number of carbonyl (C=O) groups is 1. The van der Waals surface area contributed by atoms with Crippen molar-refractivity contribution in [3.8, 4) is 11.4 Å². The third-order valence-electron chi connectivity index (χ3n) is 5.08. The highest BCUT2D eigenvalue weighted by Crippen LogP contribution is 2.29. The number of fused-ring (bicyclic) bond motifs is 3. The molecule has 0 aliphatic carbocycles. The summed E-state index contributed by atoms with van der Waals surface area (Å²) in [5.74, 6) is 0.931. The molecular weight excluding hydrogens is 450 g/mol. The Kier molecular flexibility index (Phi) is 4.63. The van der Waals surface area contributed by atoms with Crippen LogP contribution in [0.4, 0.5) is 5.95 Å². The van der Waals surface area contributed by atoms with Gasteiger partial charge < -0.3 is 16.0 Å². The van der Waals surface area contributed by atoms with E-state index in [1.54, 1.807) is 9.20 Å². The van der Waals surface area contributed by atoms with Gasteiger partial charge in [0.15, 0.2) is 11.5 Å². The lowest BCUT2D eigenvalue weighted by Gasteiger charge is -2.17. The van der Waals surface area contributed by atoms with Gasteiger partial charge in [-0.2, -0.15) is 9.61 Å². The molecule has 0 spiro atoms. The molecule has 154 valence electrons. The van der Waals surface area contributed by atoms with Crippen molar-refractivity contribution < 1.29 is 4.79 Å². The van der Waals surface area contributed by atoms with Crippen molar-refractivity contribution in [1.82, 2.24) is 40.0 Å². The summed E-state index contributed by atoms with van der Waals surface area (Å²) in [5.41, 5.74) is 3.10. The van der Waals surface area contributed by atoms with E-state index in [0.29, 0.717) is 30.5 Å². The maximum Gasteiger partial charge on any atom is 0.243 e. The van der Waals surface area contributed by atoms with Crippen LogP contribution >= 0.6 is 15.9 Å². The molecular formula is C19H20BrN9O. The van der Waals surface area contributed by atoms with Crippen LogP contribution in [0.1, 0.15) is 5.69 Å². The molecule has 1 aliphatic heterocycles. The molecule has 3 aromatic heterocycles. The minimum Gasteiger partial charge on any atom is -0.353 e. The van der Waals surface area contributed by atoms with E-state index in [2.05, 4.69) is 37.0 Å². The Bertz CT molecular complexity index is 1280. The monoisotopic (exact) mass is 469 g/mol. The number of hydrogen-bond donors (Lipinski definition) is 3. The van der Waals surface area contributed by atoms with Gasteiger partial charge in [0, 0.05) is 42.7 Å². The highest BCUT2D eigenvalue weighted by atomic mass is 79.9. The van der Waals surface area contributed by atoms with Crippen molar-refractivity contribution in [2.75, 3.05) is 25.0 Å². The van der Waals surface area contributed by atoms with Gasteiger partial charge in [-0.25, -0.2) is 9.97 Å². The van der Waals surface area contributed by atoms with E-state index in [0.717, 1.165) is 33.2 Å². The molecule has 1 aromatic carbocycles. The third-order valence-corrected chi connectivity index (χ3v) is 5.72. The zero-order chi connectivity index (χ0) is 20.8. The molecule has 4 aromatic rings. The van der Waals surface area contributed by atoms with Gasteiger partial charge in [0.05, 0.1) is 16.8 Å². The fraction of sp³-hybridized carbons (Fsp3) is 0.316. The molecule has 3 N–H and O–H groups in total. The number of anilines is 1. The lowest BCUT2D eigenvalue weighted by atomic mass is 10.2. The Balaban J connectivity index is 1.70. The van der Waals surface area contributed by atoms with E-state index >= 15 is 0 Å². The minimum atomic E-state index is -0.476. The summed E-state index contributed by atoms with van der Waals surface area (Å²) in [7, 11) is 1.87. The molecule has 4 heterocycles. The first kappa shape index (κ1) is 18.9. The molecule has 11 heteroatoms. The fourth-order valence-corrected chi connectivity index (χ4v) is 4.09. The second-order valence-electron chi connectivity index (χ2n) is 7.24. The summed E-state index contributed by atoms with van der Waals surface area (Å²) >= 11 is 3.58. The predicted molar refractivity (Wildman–Crippen MR) is 116 cm³/mol. The molecule has 30 heavy (non-hydrogen) atoms. The molecule has 5 rings (SSSR count). The average Bonchev–Trinajstić information content (AvgIpc) is 3.24. The normalized spacial score (nSPS) is 17.3. The fourth-order valence-electron chi connectivity index (χ4n) is 3.63. The maximum atomic E-state index is 12.5. The molecule has 1 fully saturated rings. The third kappa shape index (κ3) is 3.19. The van der Waals surface area contributed by atoms with Crippen LogP contribution in [0.25, 0.3) is 27.9 Å². The van der Waals surface area contributed by atoms with Crippen molar-refractivity contribution in [3.05, 3.63) is 34.6 Å². The Morgan fingerprint density at radius 2 is 2.10 bits per heavy atom. The van der Waals surface area contributed by atoms with Crippen LogP contribution in [0.3, 0.4) is 0 Å². The number of para-hydroxylation sites is 1. The topological polar surface area (TPSA) is 114 Å². The Morgan fingerprint density at radius 1 is 1.23 bits per heavy atom. The standard InChI is InChI=1S/C19H20BrN9O/c1-10-12(9-28(2)26-10)16-25-17-11-4-3-5-13(20)15(11)24-19(29(17)27-16)23-14-8-21-6-7-22-18(14)30/h3-5,9,14,21H,6-8H2,1-2H3,(H,22,30)(H,23,24)/t14-/m1/s1. The van der Waals surface area contributed by atoms with Crippen LogP contribution in [0.15, 0.2) is 28.9 Å². The van der Waals surface area contributed by atoms with Crippen LogP contribution in [-0.2, 0) is 11.8 Å². The lowest BCUT2D eigenvalue weighted by Crippen LogP contribution is -2.42. The number of aromatic nitrogens is 6. The summed E-state index contributed by atoms with van der Waals surface area (Å²) in [6, 6.07) is 5.35. The molecule has 0 radical (unpaired) electrons. The van der Waals surface area contributed by atoms with Gasteiger partial charge in [0.1, 0.15) is 6.04 Å². The number of nitrogens with one attached hydrogen (secondary N) is 3. The number of nitrogens with zero attached hydrogens (tertiary/aromatic N) is 6. The number of benzene rings is 1. The minimum absolute atomic E-state index is 0.0781. The summed E-state index contributed by atoms with van der Waals surface area (Å²) in [6.45, 7) is 3.74. The van der Waals surface area contributed by atoms with Gasteiger partial charge in [-0.1, -0.05) is 6.07 Å². The number of rotatable bonds is 3. The molecule has 0 unspecified atom stereocenters. The van der Waals surface area contributed by atoms with Gasteiger partial charge >= 0.3 is 0 Å². The second kappa shape index (κ2) is 7.33. The quantitative estimate of drug-likeness (QED) is 0.413. The summed E-state index contributed by atoms with van der Waals surface area (Å²) in [5, 5.41) is 19.4. The van der Waals surface area contributed by atoms with Gasteiger partial charge in [-0.3, -0.25) is 9.48 Å². The summed E-state index contributed by atoms with van der Waals surface area (Å²) in [4.78, 5) is 22.0. The second-order valence-corrected chi connectivity index (χ2v) is 8.09. The van der Waals surface area contributed by atoms with Crippen LogP contribution < -0.4 is 16.0 Å². The van der Waals surface area contributed by atoms with Crippen molar-refractivity contribution in [2.45, 2.75) is 13.0 Å². The van der Waals surface area contributed by atoms with E-state index in [-0.39, 0.29) is 5.91 Å². The van der Waals surface area contributed by atoms with Crippen LogP contribution in [0.5, 0.6) is 0 Å². The van der Waals surface area contributed by atoms with Gasteiger partial charge in [-0.15, -0.1) is 5.10 Å². The van der Waals surface area contributed by atoms with Crippen LogP contribution in [0.2, 0.25) is 0 Å². The smallest absolute Gasteiger partial charge is 0.243 e. The molecule has 1 saturated heterocycles. The van der Waals surface area contributed by atoms with Crippen molar-refractivity contribution in [3.63, 3.8) is 0 Å². The Labute approximate surface area is 180 Å². The number of amides is 1. The zero-order valence-electron chi connectivity index (χ0n) is 16.5. The number of carbonyl (C=O) groups excluding carboxylic acids is 1. The average molecular weight is 470 g/mol. The first-order chi connectivity index (χ1) is 14.5. The lowest BCUT2D eigenvalue weighted by molar-refractivity contribution is -0.121. The van der Waals surface area contributed by atoms with Crippen molar-refractivity contribution >= 4 is 44.3 Å². The molecule has 0 bridgehead atoms. The summed E-state index contributed by atoms with van der Waals surface area (Å²) in [6.07, 6.45) is 1.89.